The summed E-state index contributed by atoms with van der Waals surface area (Å²) in [4.78, 5) is 23.0. The number of hydrogen-bond acceptors (Lipinski definition) is 2. The first kappa shape index (κ1) is 16.5. The number of carboxylic acids is 1. The van der Waals surface area contributed by atoms with Gasteiger partial charge in [-0.05, 0) is 37.0 Å². The van der Waals surface area contributed by atoms with Crippen molar-refractivity contribution in [3.8, 4) is 0 Å². The van der Waals surface area contributed by atoms with E-state index in [2.05, 4.69) is 5.32 Å². The maximum Gasteiger partial charge on any atom is 0.335 e. The molecule has 1 amide bonds. The molecule has 4 nitrogen and oxygen atoms in total. The molecule has 0 aliphatic heterocycles. The van der Waals surface area contributed by atoms with Gasteiger partial charge in [0.05, 0.1) is 5.56 Å². The molecular formula is C18H25NO3. The number of hydrogen-bond donors (Lipinski definition) is 2. The number of amides is 1. The van der Waals surface area contributed by atoms with Gasteiger partial charge in [0.1, 0.15) is 0 Å². The molecule has 0 saturated heterocycles. The lowest BCUT2D eigenvalue weighted by molar-refractivity contribution is -0.125. The third-order valence-corrected chi connectivity index (χ3v) is 4.39. The minimum atomic E-state index is -0.913. The third kappa shape index (κ3) is 5.17. The molecule has 0 unspecified atom stereocenters. The molecule has 120 valence electrons. The molecule has 2 rings (SSSR count). The standard InChI is InChI=1S/C18H25NO3/c20-17(15-6-4-2-1-3-5-7-15)19-13-12-14-8-10-16(11-9-14)18(21)22/h8-11,15H,1-7,12-13H2,(H,19,20)(H,21,22). The summed E-state index contributed by atoms with van der Waals surface area (Å²) in [6, 6.07) is 6.83. The molecule has 1 fully saturated rings. The minimum absolute atomic E-state index is 0.176. The first-order valence-electron chi connectivity index (χ1n) is 8.27. The molecule has 0 spiro atoms. The summed E-state index contributed by atoms with van der Waals surface area (Å²) in [5, 5.41) is 11.9. The number of rotatable bonds is 5. The van der Waals surface area contributed by atoms with E-state index in [1.165, 1.54) is 19.3 Å². The summed E-state index contributed by atoms with van der Waals surface area (Å²) in [7, 11) is 0. The lowest BCUT2D eigenvalue weighted by atomic mass is 9.90. The number of nitrogens with one attached hydrogen (secondary N) is 1. The summed E-state index contributed by atoms with van der Waals surface area (Å²) < 4.78 is 0. The average molecular weight is 303 g/mol. The van der Waals surface area contributed by atoms with Crippen molar-refractivity contribution in [2.75, 3.05) is 6.54 Å². The van der Waals surface area contributed by atoms with Crippen LogP contribution < -0.4 is 5.32 Å². The van der Waals surface area contributed by atoms with E-state index >= 15 is 0 Å². The Morgan fingerprint density at radius 1 is 1.00 bits per heavy atom. The summed E-state index contributed by atoms with van der Waals surface area (Å²) in [6.45, 7) is 0.613. The van der Waals surface area contributed by atoms with Crippen LogP contribution in [0.15, 0.2) is 24.3 Å². The predicted octanol–water partition coefficient (Wildman–Crippen LogP) is 3.40. The number of benzene rings is 1. The van der Waals surface area contributed by atoms with Gasteiger partial charge in [-0.3, -0.25) is 4.79 Å². The zero-order valence-corrected chi connectivity index (χ0v) is 13.0. The molecular weight excluding hydrogens is 278 g/mol. The van der Waals surface area contributed by atoms with E-state index in [1.54, 1.807) is 12.1 Å². The molecule has 4 heteroatoms. The second-order valence-corrected chi connectivity index (χ2v) is 6.09. The quantitative estimate of drug-likeness (QED) is 0.876. The van der Waals surface area contributed by atoms with E-state index in [1.807, 2.05) is 12.1 Å². The van der Waals surface area contributed by atoms with Crippen LogP contribution in [0.25, 0.3) is 0 Å². The van der Waals surface area contributed by atoms with Crippen molar-refractivity contribution in [2.24, 2.45) is 5.92 Å². The van der Waals surface area contributed by atoms with Gasteiger partial charge in [0.15, 0.2) is 0 Å². The van der Waals surface area contributed by atoms with E-state index in [0.717, 1.165) is 37.7 Å². The monoisotopic (exact) mass is 303 g/mol. The fraction of sp³-hybridized carbons (Fsp3) is 0.556. The lowest BCUT2D eigenvalue weighted by Crippen LogP contribution is -2.32. The first-order chi connectivity index (χ1) is 10.7. The van der Waals surface area contributed by atoms with Crippen molar-refractivity contribution in [3.63, 3.8) is 0 Å². The Kier molecular flexibility index (Phi) is 6.44. The highest BCUT2D eigenvalue weighted by molar-refractivity contribution is 5.87. The number of carboxylic acid groups (broad SMARTS) is 1. The maximum absolute atomic E-state index is 12.2. The zero-order valence-electron chi connectivity index (χ0n) is 13.0. The molecule has 1 aliphatic rings. The van der Waals surface area contributed by atoms with Gasteiger partial charge in [0.2, 0.25) is 5.91 Å². The molecule has 1 aromatic carbocycles. The van der Waals surface area contributed by atoms with Crippen LogP contribution in [0.3, 0.4) is 0 Å². The van der Waals surface area contributed by atoms with Gasteiger partial charge in [-0.1, -0.05) is 44.2 Å². The van der Waals surface area contributed by atoms with E-state index in [9.17, 15) is 9.59 Å². The van der Waals surface area contributed by atoms with Crippen molar-refractivity contribution < 1.29 is 14.7 Å². The molecule has 1 aromatic rings. The van der Waals surface area contributed by atoms with Crippen molar-refractivity contribution in [1.29, 1.82) is 0 Å². The van der Waals surface area contributed by atoms with Crippen LogP contribution in [0.2, 0.25) is 0 Å². The number of carbonyl (C=O) groups excluding carboxylic acids is 1. The summed E-state index contributed by atoms with van der Waals surface area (Å²) >= 11 is 0. The number of aromatic carboxylic acids is 1. The van der Waals surface area contributed by atoms with Crippen LogP contribution in [0.5, 0.6) is 0 Å². The topological polar surface area (TPSA) is 66.4 Å². The Hall–Kier alpha value is -1.84. The second kappa shape index (κ2) is 8.57. The highest BCUT2D eigenvalue weighted by atomic mass is 16.4. The van der Waals surface area contributed by atoms with Gasteiger partial charge in [0.25, 0.3) is 0 Å². The predicted molar refractivity (Wildman–Crippen MR) is 85.9 cm³/mol. The third-order valence-electron chi connectivity index (χ3n) is 4.39. The van der Waals surface area contributed by atoms with E-state index in [-0.39, 0.29) is 11.8 Å². The molecule has 0 atom stereocenters. The molecule has 0 heterocycles. The van der Waals surface area contributed by atoms with Gasteiger partial charge >= 0.3 is 5.97 Å². The Labute approximate surface area is 131 Å². The Morgan fingerprint density at radius 3 is 2.18 bits per heavy atom. The van der Waals surface area contributed by atoms with Gasteiger partial charge < -0.3 is 10.4 Å². The number of carbonyl (C=O) groups is 2. The molecule has 22 heavy (non-hydrogen) atoms. The van der Waals surface area contributed by atoms with Gasteiger partial charge in [-0.25, -0.2) is 4.79 Å². The van der Waals surface area contributed by atoms with E-state index in [4.69, 9.17) is 5.11 Å². The van der Waals surface area contributed by atoms with Crippen LogP contribution in [-0.4, -0.2) is 23.5 Å². The fourth-order valence-corrected chi connectivity index (χ4v) is 3.01. The van der Waals surface area contributed by atoms with Crippen LogP contribution in [-0.2, 0) is 11.2 Å². The SMILES string of the molecule is O=C(O)c1ccc(CCNC(=O)C2CCCCCCC2)cc1. The summed E-state index contributed by atoms with van der Waals surface area (Å²) in [5.74, 6) is -0.553. The summed E-state index contributed by atoms with van der Waals surface area (Å²) in [5.41, 5.74) is 1.34. The largest absolute Gasteiger partial charge is 0.478 e. The van der Waals surface area contributed by atoms with Crippen LogP contribution in [0.1, 0.15) is 60.9 Å². The average Bonchev–Trinajstić information content (AvgIpc) is 2.47. The van der Waals surface area contributed by atoms with Crippen LogP contribution in [0, 0.1) is 5.92 Å². The van der Waals surface area contributed by atoms with Gasteiger partial charge in [0, 0.05) is 12.5 Å². The normalized spacial score (nSPS) is 16.5. The zero-order chi connectivity index (χ0) is 15.8. The van der Waals surface area contributed by atoms with Crippen LogP contribution >= 0.6 is 0 Å². The Morgan fingerprint density at radius 2 is 1.59 bits per heavy atom. The molecule has 1 saturated carbocycles. The van der Waals surface area contributed by atoms with Crippen molar-refractivity contribution in [1.82, 2.24) is 5.32 Å². The fourth-order valence-electron chi connectivity index (χ4n) is 3.01. The van der Waals surface area contributed by atoms with Crippen molar-refractivity contribution in [2.45, 2.75) is 51.4 Å². The molecule has 0 radical (unpaired) electrons. The van der Waals surface area contributed by atoms with Crippen LogP contribution in [0.4, 0.5) is 0 Å². The van der Waals surface area contributed by atoms with E-state index < -0.39 is 5.97 Å². The van der Waals surface area contributed by atoms with Gasteiger partial charge in [-0.15, -0.1) is 0 Å². The van der Waals surface area contributed by atoms with Crippen molar-refractivity contribution in [3.05, 3.63) is 35.4 Å². The minimum Gasteiger partial charge on any atom is -0.478 e. The smallest absolute Gasteiger partial charge is 0.335 e. The summed E-state index contributed by atoms with van der Waals surface area (Å²) in [6.07, 6.45) is 8.89. The molecule has 0 aromatic heterocycles. The molecule has 2 N–H and O–H groups in total. The van der Waals surface area contributed by atoms with Crippen molar-refractivity contribution >= 4 is 11.9 Å². The first-order valence-corrected chi connectivity index (χ1v) is 8.27. The Balaban J connectivity index is 1.74. The highest BCUT2D eigenvalue weighted by Gasteiger charge is 2.18. The Bertz CT molecular complexity index is 488. The highest BCUT2D eigenvalue weighted by Crippen LogP contribution is 2.22. The molecule has 1 aliphatic carbocycles. The second-order valence-electron chi connectivity index (χ2n) is 6.09. The van der Waals surface area contributed by atoms with Gasteiger partial charge in [-0.2, -0.15) is 0 Å². The lowest BCUT2D eigenvalue weighted by Gasteiger charge is -2.19. The molecule has 0 bridgehead atoms. The van der Waals surface area contributed by atoms with E-state index in [0.29, 0.717) is 12.1 Å². The maximum atomic E-state index is 12.2.